The Morgan fingerprint density at radius 3 is 2.35 bits per heavy atom. The average Bonchev–Trinajstić information content (AvgIpc) is 2.97. The fourth-order valence-corrected chi connectivity index (χ4v) is 3.37. The lowest BCUT2D eigenvalue weighted by molar-refractivity contribution is 0.688. The summed E-state index contributed by atoms with van der Waals surface area (Å²) in [5.74, 6) is 1.53. The molecule has 0 aliphatic heterocycles. The van der Waals surface area contributed by atoms with Crippen LogP contribution in [0.3, 0.4) is 0 Å². The van der Waals surface area contributed by atoms with Crippen molar-refractivity contribution in [2.45, 2.75) is 32.5 Å². The lowest BCUT2D eigenvalue weighted by atomic mass is 10.2. The molecule has 0 bridgehead atoms. The zero-order valence-electron chi connectivity index (χ0n) is 13.9. The summed E-state index contributed by atoms with van der Waals surface area (Å²) in [5, 5.41) is 10.1. The van der Waals surface area contributed by atoms with Gasteiger partial charge in [0.2, 0.25) is 0 Å². The summed E-state index contributed by atoms with van der Waals surface area (Å²) in [6, 6.07) is 8.51. The van der Waals surface area contributed by atoms with Crippen molar-refractivity contribution < 1.29 is 0 Å². The quantitative estimate of drug-likeness (QED) is 0.648. The Morgan fingerprint density at radius 1 is 1.17 bits per heavy atom. The first kappa shape index (κ1) is 17.9. The molecule has 4 nitrogen and oxygen atoms in total. The molecule has 1 aromatic carbocycles. The SMILES string of the molecule is C=C(Cl)CSc1nnc(-c2ccc(N(CC)CC)cc2)n1CC. The van der Waals surface area contributed by atoms with Crippen LogP contribution in [-0.2, 0) is 6.54 Å². The highest BCUT2D eigenvalue weighted by molar-refractivity contribution is 7.99. The molecule has 0 aliphatic carbocycles. The van der Waals surface area contributed by atoms with Gasteiger partial charge in [0.25, 0.3) is 0 Å². The fourth-order valence-electron chi connectivity index (χ4n) is 2.45. The molecule has 0 radical (unpaired) electrons. The smallest absolute Gasteiger partial charge is 0.191 e. The highest BCUT2D eigenvalue weighted by Crippen LogP contribution is 2.27. The van der Waals surface area contributed by atoms with Crippen LogP contribution < -0.4 is 4.90 Å². The van der Waals surface area contributed by atoms with E-state index in [1.165, 1.54) is 5.69 Å². The second-order valence-corrected chi connectivity index (χ2v) is 6.55. The third-order valence-electron chi connectivity index (χ3n) is 3.65. The van der Waals surface area contributed by atoms with E-state index in [-0.39, 0.29) is 0 Å². The van der Waals surface area contributed by atoms with Crippen molar-refractivity contribution in [2.75, 3.05) is 23.7 Å². The molecule has 2 rings (SSSR count). The summed E-state index contributed by atoms with van der Waals surface area (Å²) in [7, 11) is 0. The van der Waals surface area contributed by atoms with Gasteiger partial charge in [0.1, 0.15) is 0 Å². The molecule has 0 spiro atoms. The molecule has 0 saturated carbocycles. The van der Waals surface area contributed by atoms with Crippen LogP contribution in [0.2, 0.25) is 0 Å². The molecule has 1 heterocycles. The van der Waals surface area contributed by atoms with E-state index >= 15 is 0 Å². The first-order valence-corrected chi connectivity index (χ1v) is 9.21. The van der Waals surface area contributed by atoms with Gasteiger partial charge in [0.05, 0.1) is 0 Å². The Balaban J connectivity index is 2.26. The number of thioether (sulfide) groups is 1. The monoisotopic (exact) mass is 350 g/mol. The number of hydrogen-bond donors (Lipinski definition) is 0. The average molecular weight is 351 g/mol. The van der Waals surface area contributed by atoms with Crippen molar-refractivity contribution in [1.29, 1.82) is 0 Å². The van der Waals surface area contributed by atoms with Crippen molar-refractivity contribution in [2.24, 2.45) is 0 Å². The molecule has 0 fully saturated rings. The number of rotatable bonds is 8. The van der Waals surface area contributed by atoms with Crippen LogP contribution in [-0.4, -0.2) is 33.6 Å². The summed E-state index contributed by atoms with van der Waals surface area (Å²) in [4.78, 5) is 2.32. The van der Waals surface area contributed by atoms with Crippen LogP contribution in [0.1, 0.15) is 20.8 Å². The second-order valence-electron chi connectivity index (χ2n) is 5.08. The van der Waals surface area contributed by atoms with Crippen LogP contribution >= 0.6 is 23.4 Å². The molecule has 124 valence electrons. The van der Waals surface area contributed by atoms with Gasteiger partial charge in [-0.25, -0.2) is 0 Å². The molecular weight excluding hydrogens is 328 g/mol. The predicted molar refractivity (Wildman–Crippen MR) is 100 cm³/mol. The van der Waals surface area contributed by atoms with Gasteiger partial charge >= 0.3 is 0 Å². The van der Waals surface area contributed by atoms with Gasteiger partial charge in [-0.3, -0.25) is 0 Å². The van der Waals surface area contributed by atoms with Crippen LogP contribution in [0.15, 0.2) is 41.0 Å². The zero-order chi connectivity index (χ0) is 16.8. The van der Waals surface area contributed by atoms with Crippen molar-refractivity contribution in [3.63, 3.8) is 0 Å². The minimum Gasteiger partial charge on any atom is -0.372 e. The van der Waals surface area contributed by atoms with Crippen LogP contribution in [0.5, 0.6) is 0 Å². The molecule has 0 aliphatic rings. The first-order chi connectivity index (χ1) is 11.1. The largest absolute Gasteiger partial charge is 0.372 e. The van der Waals surface area contributed by atoms with Gasteiger partial charge in [-0.05, 0) is 45.0 Å². The van der Waals surface area contributed by atoms with Gasteiger partial charge in [-0.15, -0.1) is 10.2 Å². The highest BCUT2D eigenvalue weighted by atomic mass is 35.5. The molecule has 0 amide bonds. The van der Waals surface area contributed by atoms with Gasteiger partial charge in [0, 0.05) is 41.7 Å². The number of benzene rings is 1. The Bertz CT molecular complexity index is 647. The van der Waals surface area contributed by atoms with Crippen molar-refractivity contribution in [3.05, 3.63) is 35.9 Å². The second kappa shape index (κ2) is 8.41. The van der Waals surface area contributed by atoms with Crippen LogP contribution in [0, 0.1) is 0 Å². The van der Waals surface area contributed by atoms with Crippen molar-refractivity contribution >= 4 is 29.1 Å². The standard InChI is InChI=1S/C17H23ClN4S/c1-5-21(6-2)15-10-8-14(9-11-15)16-19-20-17(22(16)7-3)23-12-13(4)18/h8-11H,4-7,12H2,1-3H3. The number of nitrogens with zero attached hydrogens (tertiary/aromatic N) is 4. The fraction of sp³-hybridized carbons (Fsp3) is 0.412. The van der Waals surface area contributed by atoms with Crippen molar-refractivity contribution in [1.82, 2.24) is 14.8 Å². The Kier molecular flexibility index (Phi) is 6.54. The number of aromatic nitrogens is 3. The summed E-state index contributed by atoms with van der Waals surface area (Å²) >= 11 is 7.40. The molecule has 6 heteroatoms. The summed E-state index contributed by atoms with van der Waals surface area (Å²) < 4.78 is 2.11. The van der Waals surface area contributed by atoms with E-state index in [4.69, 9.17) is 11.6 Å². The van der Waals surface area contributed by atoms with E-state index in [2.05, 4.69) is 71.3 Å². The maximum Gasteiger partial charge on any atom is 0.191 e. The van der Waals surface area contributed by atoms with E-state index in [1.807, 2.05) is 0 Å². The van der Waals surface area contributed by atoms with E-state index in [0.29, 0.717) is 10.8 Å². The maximum absolute atomic E-state index is 5.84. The molecule has 0 unspecified atom stereocenters. The lowest BCUT2D eigenvalue weighted by Gasteiger charge is -2.21. The molecule has 2 aromatic rings. The van der Waals surface area contributed by atoms with Gasteiger partial charge < -0.3 is 9.47 Å². The molecular formula is C17H23ClN4S. The van der Waals surface area contributed by atoms with Crippen molar-refractivity contribution in [3.8, 4) is 11.4 Å². The van der Waals surface area contributed by atoms with E-state index in [0.717, 1.165) is 36.2 Å². The predicted octanol–water partition coefficient (Wildman–Crippen LogP) is 4.66. The number of halogens is 1. The molecule has 0 saturated heterocycles. The van der Waals surface area contributed by atoms with Crippen LogP contribution in [0.25, 0.3) is 11.4 Å². The Hall–Kier alpha value is -1.46. The van der Waals surface area contributed by atoms with E-state index in [1.54, 1.807) is 11.8 Å². The first-order valence-electron chi connectivity index (χ1n) is 7.85. The molecule has 23 heavy (non-hydrogen) atoms. The Morgan fingerprint density at radius 2 is 1.83 bits per heavy atom. The Labute approximate surface area is 147 Å². The number of anilines is 1. The van der Waals surface area contributed by atoms with E-state index in [9.17, 15) is 0 Å². The number of hydrogen-bond acceptors (Lipinski definition) is 4. The summed E-state index contributed by atoms with van der Waals surface area (Å²) in [6.07, 6.45) is 0. The third-order valence-corrected chi connectivity index (χ3v) is 4.99. The molecule has 0 N–H and O–H groups in total. The van der Waals surface area contributed by atoms with Gasteiger partial charge in [-0.2, -0.15) is 0 Å². The normalized spacial score (nSPS) is 10.8. The zero-order valence-corrected chi connectivity index (χ0v) is 15.5. The van der Waals surface area contributed by atoms with Gasteiger partial charge in [0.15, 0.2) is 11.0 Å². The summed E-state index contributed by atoms with van der Waals surface area (Å²) in [5.41, 5.74) is 2.31. The summed E-state index contributed by atoms with van der Waals surface area (Å²) in [6.45, 7) is 13.0. The molecule has 1 aromatic heterocycles. The topological polar surface area (TPSA) is 34.0 Å². The molecule has 0 atom stereocenters. The van der Waals surface area contributed by atoms with E-state index < -0.39 is 0 Å². The minimum absolute atomic E-state index is 0.616. The van der Waals surface area contributed by atoms with Crippen LogP contribution in [0.4, 0.5) is 5.69 Å². The minimum atomic E-state index is 0.616. The highest BCUT2D eigenvalue weighted by Gasteiger charge is 2.13. The maximum atomic E-state index is 5.84. The third kappa shape index (κ3) is 4.30. The lowest BCUT2D eigenvalue weighted by Crippen LogP contribution is -2.21. The van der Waals surface area contributed by atoms with Gasteiger partial charge in [-0.1, -0.05) is 29.9 Å².